The van der Waals surface area contributed by atoms with E-state index in [0.29, 0.717) is 19.0 Å². The zero-order valence-corrected chi connectivity index (χ0v) is 14.6. The predicted octanol–water partition coefficient (Wildman–Crippen LogP) is 2.98. The summed E-state index contributed by atoms with van der Waals surface area (Å²) in [4.78, 5) is 14.2. The highest BCUT2D eigenvalue weighted by molar-refractivity contribution is 5.79. The van der Waals surface area contributed by atoms with E-state index in [1.54, 1.807) is 0 Å². The van der Waals surface area contributed by atoms with E-state index in [1.807, 2.05) is 4.90 Å². The van der Waals surface area contributed by atoms with Crippen molar-refractivity contribution in [1.82, 2.24) is 10.2 Å². The van der Waals surface area contributed by atoms with Crippen LogP contribution in [0.4, 0.5) is 13.2 Å². The Balaban J connectivity index is 1.58. The zero-order valence-electron chi connectivity index (χ0n) is 14.6. The van der Waals surface area contributed by atoms with Gasteiger partial charge in [0.1, 0.15) is 0 Å². The maximum atomic E-state index is 13.1. The van der Waals surface area contributed by atoms with Crippen LogP contribution in [0.3, 0.4) is 0 Å². The van der Waals surface area contributed by atoms with Gasteiger partial charge in [-0.3, -0.25) is 9.69 Å². The van der Waals surface area contributed by atoms with Crippen LogP contribution in [0.5, 0.6) is 0 Å². The monoisotopic (exact) mass is 370 g/mol. The van der Waals surface area contributed by atoms with E-state index in [4.69, 9.17) is 0 Å². The predicted molar refractivity (Wildman–Crippen MR) is 91.3 cm³/mol. The van der Waals surface area contributed by atoms with Gasteiger partial charge in [-0.25, -0.2) is 0 Å². The first-order chi connectivity index (χ1) is 12.3. The topological polar surface area (TPSA) is 52.6 Å². The molecule has 3 rings (SSSR count). The van der Waals surface area contributed by atoms with Gasteiger partial charge in [0.25, 0.3) is 0 Å². The van der Waals surface area contributed by atoms with Crippen LogP contribution >= 0.6 is 0 Å². The Hall–Kier alpha value is -1.60. The van der Waals surface area contributed by atoms with Crippen LogP contribution in [0.2, 0.25) is 0 Å². The molecular formula is C19H25F3N2O2. The molecule has 26 heavy (non-hydrogen) atoms. The molecule has 1 amide bonds. The smallest absolute Gasteiger partial charge is 0.387 e. The number of hydrogen-bond acceptors (Lipinski definition) is 3. The molecule has 1 aliphatic carbocycles. The van der Waals surface area contributed by atoms with Crippen LogP contribution in [-0.2, 0) is 11.0 Å². The summed E-state index contributed by atoms with van der Waals surface area (Å²) in [6.07, 6.45) is -1.81. The number of aliphatic hydroxyl groups is 1. The molecule has 1 aromatic carbocycles. The number of halogens is 3. The summed E-state index contributed by atoms with van der Waals surface area (Å²) in [5.74, 6) is 0.471. The van der Waals surface area contributed by atoms with E-state index in [0.717, 1.165) is 25.5 Å². The Morgan fingerprint density at radius 2 is 2.00 bits per heavy atom. The number of amides is 1. The molecule has 0 aromatic heterocycles. The van der Waals surface area contributed by atoms with Gasteiger partial charge in [-0.1, -0.05) is 18.2 Å². The molecular weight excluding hydrogens is 345 g/mol. The van der Waals surface area contributed by atoms with Gasteiger partial charge in [0, 0.05) is 19.6 Å². The number of nitrogens with zero attached hydrogens (tertiary/aromatic N) is 1. The summed E-state index contributed by atoms with van der Waals surface area (Å²) in [7, 11) is 0. The number of aliphatic hydroxyl groups excluding tert-OH is 1. The van der Waals surface area contributed by atoms with Crippen LogP contribution in [-0.4, -0.2) is 42.1 Å². The second-order valence-electron chi connectivity index (χ2n) is 7.39. The third-order valence-electron chi connectivity index (χ3n) is 5.19. The number of hydrogen-bond donors (Lipinski definition) is 2. The highest BCUT2D eigenvalue weighted by Crippen LogP contribution is 2.35. The number of nitrogens with one attached hydrogen (secondary N) is 1. The molecule has 1 aliphatic heterocycles. The molecule has 1 saturated heterocycles. The molecule has 2 fully saturated rings. The van der Waals surface area contributed by atoms with Gasteiger partial charge in [0.15, 0.2) is 0 Å². The van der Waals surface area contributed by atoms with Crippen molar-refractivity contribution in [2.24, 2.45) is 11.8 Å². The molecule has 1 heterocycles. The number of likely N-dealkylation sites (tertiary alicyclic amines) is 1. The number of β-amino-alcohol motifs (C(OH)–C–C–N with tert-alkyl or cyclic N) is 1. The van der Waals surface area contributed by atoms with Crippen molar-refractivity contribution in [2.45, 2.75) is 38.0 Å². The molecule has 0 spiro atoms. The van der Waals surface area contributed by atoms with E-state index in [1.165, 1.54) is 31.0 Å². The van der Waals surface area contributed by atoms with Crippen LogP contribution in [0.25, 0.3) is 0 Å². The van der Waals surface area contributed by atoms with Crippen molar-refractivity contribution < 1.29 is 23.1 Å². The van der Waals surface area contributed by atoms with Crippen molar-refractivity contribution in [3.8, 4) is 0 Å². The quantitative estimate of drug-likeness (QED) is 0.810. The van der Waals surface area contributed by atoms with E-state index >= 15 is 0 Å². The molecule has 7 heteroatoms. The summed E-state index contributed by atoms with van der Waals surface area (Å²) in [6, 6.07) is 5.12. The molecule has 4 nitrogen and oxygen atoms in total. The fourth-order valence-electron chi connectivity index (χ4n) is 3.54. The number of carbonyl (C=O) groups is 1. The number of carbonyl (C=O) groups excluding carboxylic acids is 1. The Kier molecular flexibility index (Phi) is 5.87. The third kappa shape index (κ3) is 4.98. The lowest BCUT2D eigenvalue weighted by Gasteiger charge is -2.33. The van der Waals surface area contributed by atoms with Gasteiger partial charge in [-0.2, -0.15) is 13.2 Å². The molecule has 0 unspecified atom stereocenters. The van der Waals surface area contributed by atoms with Crippen molar-refractivity contribution in [2.75, 3.05) is 26.2 Å². The molecule has 1 aromatic rings. The summed E-state index contributed by atoms with van der Waals surface area (Å²) >= 11 is 0. The molecule has 144 valence electrons. The van der Waals surface area contributed by atoms with Crippen LogP contribution in [0.1, 0.15) is 42.9 Å². The third-order valence-corrected chi connectivity index (χ3v) is 5.19. The Bertz CT molecular complexity index is 631. The van der Waals surface area contributed by atoms with E-state index < -0.39 is 17.8 Å². The first-order valence-electron chi connectivity index (χ1n) is 9.19. The normalized spacial score (nSPS) is 22.8. The lowest BCUT2D eigenvalue weighted by atomic mass is 9.95. The largest absolute Gasteiger partial charge is 0.416 e. The maximum absolute atomic E-state index is 13.1. The maximum Gasteiger partial charge on any atom is 0.416 e. The Morgan fingerprint density at radius 1 is 1.27 bits per heavy atom. The Labute approximate surface area is 151 Å². The number of alkyl halides is 3. The van der Waals surface area contributed by atoms with E-state index in [-0.39, 0.29) is 23.9 Å². The fourth-order valence-corrected chi connectivity index (χ4v) is 3.54. The number of rotatable bonds is 6. The summed E-state index contributed by atoms with van der Waals surface area (Å²) in [5, 5.41) is 13.4. The minimum atomic E-state index is -4.50. The SMILES string of the molecule is O=C(NCC1CC1)[C@@H]1CCCN(C[C@H](O)c2ccccc2C(F)(F)F)C1. The molecule has 0 bridgehead atoms. The number of benzene rings is 1. The van der Waals surface area contributed by atoms with Crippen molar-refractivity contribution in [3.63, 3.8) is 0 Å². The minimum Gasteiger partial charge on any atom is -0.387 e. The van der Waals surface area contributed by atoms with Crippen LogP contribution in [0.15, 0.2) is 24.3 Å². The molecule has 2 N–H and O–H groups in total. The lowest BCUT2D eigenvalue weighted by Crippen LogP contribution is -2.44. The van der Waals surface area contributed by atoms with Crippen molar-refractivity contribution in [1.29, 1.82) is 0 Å². The second kappa shape index (κ2) is 7.96. The van der Waals surface area contributed by atoms with E-state index in [9.17, 15) is 23.1 Å². The first kappa shape index (κ1) is 19.2. The number of piperidine rings is 1. The summed E-state index contributed by atoms with van der Waals surface area (Å²) in [5.41, 5.74) is -0.913. The average molecular weight is 370 g/mol. The molecule has 1 saturated carbocycles. The van der Waals surface area contributed by atoms with Gasteiger partial charge in [0.2, 0.25) is 5.91 Å². The molecule has 2 atom stereocenters. The Morgan fingerprint density at radius 3 is 2.69 bits per heavy atom. The van der Waals surface area contributed by atoms with Gasteiger partial charge >= 0.3 is 6.18 Å². The van der Waals surface area contributed by atoms with Crippen molar-refractivity contribution >= 4 is 5.91 Å². The highest BCUT2D eigenvalue weighted by atomic mass is 19.4. The van der Waals surface area contributed by atoms with Gasteiger partial charge < -0.3 is 10.4 Å². The standard InChI is InChI=1S/C19H25F3N2O2/c20-19(21,22)16-6-2-1-5-15(16)17(25)12-24-9-3-4-14(11-24)18(26)23-10-13-7-8-13/h1-2,5-6,13-14,17,25H,3-4,7-12H2,(H,23,26)/t14-,17+/m1/s1. The van der Waals surface area contributed by atoms with Crippen LogP contribution < -0.4 is 5.32 Å². The van der Waals surface area contributed by atoms with Crippen LogP contribution in [0, 0.1) is 11.8 Å². The lowest BCUT2D eigenvalue weighted by molar-refractivity contribution is -0.139. The summed E-state index contributed by atoms with van der Waals surface area (Å²) < 4.78 is 39.4. The van der Waals surface area contributed by atoms with Gasteiger partial charge in [-0.05, 0) is 49.8 Å². The summed E-state index contributed by atoms with van der Waals surface area (Å²) in [6.45, 7) is 1.97. The zero-order chi connectivity index (χ0) is 18.7. The van der Waals surface area contributed by atoms with Gasteiger partial charge in [-0.15, -0.1) is 0 Å². The van der Waals surface area contributed by atoms with Crippen molar-refractivity contribution in [3.05, 3.63) is 35.4 Å². The highest BCUT2D eigenvalue weighted by Gasteiger charge is 2.35. The average Bonchev–Trinajstić information content (AvgIpc) is 3.43. The molecule has 0 radical (unpaired) electrons. The second-order valence-corrected chi connectivity index (χ2v) is 7.39. The van der Waals surface area contributed by atoms with Gasteiger partial charge in [0.05, 0.1) is 17.6 Å². The van der Waals surface area contributed by atoms with E-state index in [2.05, 4.69) is 5.32 Å². The first-order valence-corrected chi connectivity index (χ1v) is 9.19. The fraction of sp³-hybridized carbons (Fsp3) is 0.632. The molecule has 2 aliphatic rings. The minimum absolute atomic E-state index is 0.0202.